The van der Waals surface area contributed by atoms with Gasteiger partial charge in [-0.3, -0.25) is 9.59 Å². The highest BCUT2D eigenvalue weighted by Crippen LogP contribution is 2.21. The van der Waals surface area contributed by atoms with Gasteiger partial charge in [-0.05, 0) is 41.3 Å². The van der Waals surface area contributed by atoms with Crippen LogP contribution in [0.15, 0.2) is 48.8 Å². The van der Waals surface area contributed by atoms with Crippen LogP contribution in [0.25, 0.3) is 17.0 Å². The molecule has 26 heavy (non-hydrogen) atoms. The van der Waals surface area contributed by atoms with Crippen molar-refractivity contribution >= 4 is 34.6 Å². The number of benzene rings is 1. The molecular weight excluding hydrogens is 328 g/mol. The molecule has 0 radical (unpaired) electrons. The van der Waals surface area contributed by atoms with Crippen LogP contribution in [-0.2, 0) is 22.6 Å². The predicted octanol–water partition coefficient (Wildman–Crippen LogP) is 2.78. The van der Waals surface area contributed by atoms with Gasteiger partial charge in [-0.25, -0.2) is 4.98 Å². The number of aryl methyl sites for hydroxylation is 1. The molecule has 3 heterocycles. The number of carbonyl (C=O) groups is 2. The summed E-state index contributed by atoms with van der Waals surface area (Å²) >= 11 is 0. The number of hydrogen-bond donors (Lipinski definition) is 3. The molecule has 0 atom stereocenters. The number of aromatic amines is 1. The number of hydrogen-bond acceptors (Lipinski definition) is 3. The first-order valence-electron chi connectivity index (χ1n) is 8.49. The normalized spacial score (nSPS) is 13.6. The van der Waals surface area contributed by atoms with E-state index in [0.29, 0.717) is 25.2 Å². The average Bonchev–Trinajstić information content (AvgIpc) is 3.08. The van der Waals surface area contributed by atoms with Crippen molar-refractivity contribution in [1.82, 2.24) is 15.3 Å². The summed E-state index contributed by atoms with van der Waals surface area (Å²) in [6.07, 6.45) is 7.92. The van der Waals surface area contributed by atoms with Crippen molar-refractivity contribution in [3.8, 4) is 0 Å². The molecule has 0 bridgehead atoms. The van der Waals surface area contributed by atoms with Gasteiger partial charge in [-0.15, -0.1) is 0 Å². The molecule has 2 aromatic heterocycles. The molecule has 0 spiro atoms. The number of H-pyrrole nitrogens is 1. The van der Waals surface area contributed by atoms with Crippen LogP contribution < -0.4 is 10.6 Å². The van der Waals surface area contributed by atoms with E-state index >= 15 is 0 Å². The smallest absolute Gasteiger partial charge is 0.244 e. The zero-order valence-corrected chi connectivity index (χ0v) is 14.1. The number of nitrogens with one attached hydrogen (secondary N) is 3. The number of fused-ring (bicyclic) bond motifs is 2. The molecule has 130 valence electrons. The predicted molar refractivity (Wildman–Crippen MR) is 100 cm³/mol. The van der Waals surface area contributed by atoms with Gasteiger partial charge < -0.3 is 15.6 Å². The van der Waals surface area contributed by atoms with Crippen molar-refractivity contribution in [2.24, 2.45) is 0 Å². The summed E-state index contributed by atoms with van der Waals surface area (Å²) in [5, 5.41) is 6.75. The van der Waals surface area contributed by atoms with Crippen molar-refractivity contribution < 1.29 is 9.59 Å². The van der Waals surface area contributed by atoms with Crippen molar-refractivity contribution in [1.29, 1.82) is 0 Å². The Balaban J connectivity index is 1.39. The summed E-state index contributed by atoms with van der Waals surface area (Å²) in [6.45, 7) is 0.460. The molecule has 0 saturated heterocycles. The lowest BCUT2D eigenvalue weighted by Crippen LogP contribution is -2.20. The number of pyridine rings is 1. The molecule has 1 aliphatic rings. The zero-order valence-electron chi connectivity index (χ0n) is 14.1. The second-order valence-electron chi connectivity index (χ2n) is 6.24. The Bertz CT molecular complexity index is 1020. The fraction of sp³-hybridized carbons (Fsp3) is 0.150. The Morgan fingerprint density at radius 2 is 2.15 bits per heavy atom. The van der Waals surface area contributed by atoms with Crippen LogP contribution in [-0.4, -0.2) is 21.8 Å². The first kappa shape index (κ1) is 16.1. The van der Waals surface area contributed by atoms with Crippen LogP contribution >= 0.6 is 0 Å². The molecule has 6 nitrogen and oxygen atoms in total. The lowest BCUT2D eigenvalue weighted by molar-refractivity contribution is -0.117. The Labute approximate surface area is 150 Å². The van der Waals surface area contributed by atoms with E-state index in [-0.39, 0.29) is 11.8 Å². The molecular formula is C20H18N4O2. The maximum absolute atomic E-state index is 12.1. The van der Waals surface area contributed by atoms with Gasteiger partial charge in [-0.2, -0.15) is 0 Å². The van der Waals surface area contributed by atoms with Crippen LogP contribution in [0.3, 0.4) is 0 Å². The molecule has 0 saturated carbocycles. The number of carbonyl (C=O) groups excluding carboxylic acids is 2. The highest BCUT2D eigenvalue weighted by Gasteiger charge is 2.15. The molecule has 0 fully saturated rings. The fourth-order valence-corrected chi connectivity index (χ4v) is 3.06. The summed E-state index contributed by atoms with van der Waals surface area (Å²) in [5.41, 5.74) is 3.93. The third kappa shape index (κ3) is 3.35. The van der Waals surface area contributed by atoms with E-state index in [0.717, 1.165) is 27.6 Å². The van der Waals surface area contributed by atoms with Gasteiger partial charge >= 0.3 is 0 Å². The number of amides is 2. The van der Waals surface area contributed by atoms with E-state index in [9.17, 15) is 9.59 Å². The topological polar surface area (TPSA) is 86.9 Å². The van der Waals surface area contributed by atoms with Crippen molar-refractivity contribution in [3.05, 3.63) is 65.5 Å². The molecule has 4 rings (SSSR count). The fourth-order valence-electron chi connectivity index (χ4n) is 3.06. The van der Waals surface area contributed by atoms with Gasteiger partial charge in [-0.1, -0.05) is 18.2 Å². The highest BCUT2D eigenvalue weighted by molar-refractivity contribution is 5.94. The lowest BCUT2D eigenvalue weighted by atomic mass is 10.0. The maximum Gasteiger partial charge on any atom is 0.244 e. The molecule has 0 unspecified atom stereocenters. The van der Waals surface area contributed by atoms with E-state index in [1.54, 1.807) is 12.3 Å². The third-order valence-electron chi connectivity index (χ3n) is 4.42. The van der Waals surface area contributed by atoms with Crippen molar-refractivity contribution in [3.63, 3.8) is 0 Å². The average molecular weight is 346 g/mol. The quantitative estimate of drug-likeness (QED) is 0.635. The standard InChI is InChI=1S/C20H18N4O2/c25-18(22-12-15-11-21-17-4-2-1-3-16(15)17)7-5-13-9-14-6-8-19(26)24-20(14)23-10-13/h1-5,7,9-11,21H,6,8,12H2,(H,22,25)(H,23,24,26). The second-order valence-corrected chi connectivity index (χ2v) is 6.24. The van der Waals surface area contributed by atoms with E-state index in [1.165, 1.54) is 6.08 Å². The second kappa shape index (κ2) is 6.84. The van der Waals surface area contributed by atoms with Crippen molar-refractivity contribution in [2.45, 2.75) is 19.4 Å². The molecule has 3 aromatic rings. The van der Waals surface area contributed by atoms with Gasteiger partial charge in [0.2, 0.25) is 11.8 Å². The van der Waals surface area contributed by atoms with Gasteiger partial charge in [0, 0.05) is 42.3 Å². The maximum atomic E-state index is 12.1. The SMILES string of the molecule is O=C(C=Cc1cnc2c(c1)CCC(=O)N2)NCc1c[nH]c2ccccc12. The summed E-state index contributed by atoms with van der Waals surface area (Å²) < 4.78 is 0. The van der Waals surface area contributed by atoms with Crippen LogP contribution in [0.5, 0.6) is 0 Å². The number of rotatable bonds is 4. The van der Waals surface area contributed by atoms with E-state index in [1.807, 2.05) is 36.5 Å². The van der Waals surface area contributed by atoms with Crippen LogP contribution in [0.4, 0.5) is 5.82 Å². The highest BCUT2D eigenvalue weighted by atomic mass is 16.2. The van der Waals surface area contributed by atoms with Crippen LogP contribution in [0.2, 0.25) is 0 Å². The third-order valence-corrected chi connectivity index (χ3v) is 4.42. The summed E-state index contributed by atoms with van der Waals surface area (Å²) in [4.78, 5) is 30.9. The molecule has 1 aliphatic heterocycles. The summed E-state index contributed by atoms with van der Waals surface area (Å²) in [7, 11) is 0. The summed E-state index contributed by atoms with van der Waals surface area (Å²) in [5.74, 6) is 0.438. The Hall–Kier alpha value is -3.41. The van der Waals surface area contributed by atoms with Crippen LogP contribution in [0.1, 0.15) is 23.1 Å². The lowest BCUT2D eigenvalue weighted by Gasteiger charge is -2.15. The van der Waals surface area contributed by atoms with E-state index in [4.69, 9.17) is 0 Å². The molecule has 3 N–H and O–H groups in total. The number of para-hydroxylation sites is 1. The van der Waals surface area contributed by atoms with Gasteiger partial charge in [0.1, 0.15) is 5.82 Å². The minimum Gasteiger partial charge on any atom is -0.361 e. The Kier molecular flexibility index (Phi) is 4.23. The molecule has 2 amide bonds. The van der Waals surface area contributed by atoms with E-state index in [2.05, 4.69) is 20.6 Å². The van der Waals surface area contributed by atoms with Gasteiger partial charge in [0.05, 0.1) is 0 Å². The van der Waals surface area contributed by atoms with E-state index < -0.39 is 0 Å². The minimum absolute atomic E-state index is 0.00930. The number of nitrogens with zero attached hydrogens (tertiary/aromatic N) is 1. The van der Waals surface area contributed by atoms with Gasteiger partial charge in [0.25, 0.3) is 0 Å². The number of anilines is 1. The monoisotopic (exact) mass is 346 g/mol. The Morgan fingerprint density at radius 1 is 1.27 bits per heavy atom. The summed E-state index contributed by atoms with van der Waals surface area (Å²) in [6, 6.07) is 9.94. The first-order valence-corrected chi connectivity index (χ1v) is 8.49. The largest absolute Gasteiger partial charge is 0.361 e. The number of aromatic nitrogens is 2. The Morgan fingerprint density at radius 3 is 3.08 bits per heavy atom. The molecule has 1 aromatic carbocycles. The minimum atomic E-state index is -0.165. The van der Waals surface area contributed by atoms with Gasteiger partial charge in [0.15, 0.2) is 0 Å². The zero-order chi connectivity index (χ0) is 17.9. The molecule has 0 aliphatic carbocycles. The van der Waals surface area contributed by atoms with Crippen molar-refractivity contribution in [2.75, 3.05) is 5.32 Å². The molecule has 6 heteroatoms. The van der Waals surface area contributed by atoms with Crippen LogP contribution in [0, 0.1) is 0 Å². The first-order chi connectivity index (χ1) is 12.7.